The van der Waals surface area contributed by atoms with Gasteiger partial charge in [0.15, 0.2) is 0 Å². The quantitative estimate of drug-likeness (QED) is 0.297. The van der Waals surface area contributed by atoms with Crippen LogP contribution in [0.1, 0.15) is 25.2 Å². The minimum atomic E-state index is -4.69. The number of anilines is 1. The first-order chi connectivity index (χ1) is 16.6. The van der Waals surface area contributed by atoms with Crippen molar-refractivity contribution < 1.29 is 30.8 Å². The van der Waals surface area contributed by atoms with Crippen molar-refractivity contribution in [2.45, 2.75) is 25.4 Å². The maximum atomic E-state index is 12.8. The lowest BCUT2D eigenvalue weighted by Gasteiger charge is -2.20. The number of halogens is 4. The fourth-order valence-electron chi connectivity index (χ4n) is 3.52. The molecule has 0 radical (unpaired) electrons. The molecule has 0 aliphatic carbocycles. The maximum Gasteiger partial charge on any atom is 0.471 e. The minimum absolute atomic E-state index is 0.161. The van der Waals surface area contributed by atoms with Gasteiger partial charge in [0.2, 0.25) is 5.82 Å². The van der Waals surface area contributed by atoms with Crippen LogP contribution in [0, 0.1) is 0 Å². The van der Waals surface area contributed by atoms with Crippen molar-refractivity contribution in [3.05, 3.63) is 53.6 Å². The Morgan fingerprint density at radius 3 is 2.54 bits per heavy atom. The zero-order chi connectivity index (χ0) is 25.1. The first-order valence-electron chi connectivity index (χ1n) is 10.7. The largest absolute Gasteiger partial charge is 0.494 e. The van der Waals surface area contributed by atoms with E-state index in [4.69, 9.17) is 16.3 Å². The third kappa shape index (κ3) is 6.03. The Morgan fingerprint density at radius 1 is 1.09 bits per heavy atom. The van der Waals surface area contributed by atoms with E-state index in [0.717, 1.165) is 6.42 Å². The lowest BCUT2D eigenvalue weighted by Crippen LogP contribution is -2.33. The number of nitrogens with zero attached hydrogens (tertiary/aromatic N) is 5. The molecule has 1 aliphatic rings. The summed E-state index contributed by atoms with van der Waals surface area (Å²) in [5.74, 6) is -1.02. The molecule has 0 saturated carbocycles. The molecule has 1 aliphatic heterocycles. The summed E-state index contributed by atoms with van der Waals surface area (Å²) < 4.78 is 76.0. The molecule has 0 atom stereocenters. The Labute approximate surface area is 204 Å². The second-order valence-corrected chi connectivity index (χ2v) is 9.91. The highest BCUT2D eigenvalue weighted by Crippen LogP contribution is 2.30. The van der Waals surface area contributed by atoms with E-state index in [1.807, 2.05) is 0 Å². The van der Waals surface area contributed by atoms with Crippen LogP contribution in [0.15, 0.2) is 47.1 Å². The summed E-state index contributed by atoms with van der Waals surface area (Å²) in [5, 5.41) is 3.57. The van der Waals surface area contributed by atoms with Crippen LogP contribution in [-0.4, -0.2) is 54.1 Å². The Bertz CT molecular complexity index is 1250. The first-order valence-corrected chi connectivity index (χ1v) is 12.5. The molecule has 1 fully saturated rings. The number of benzene rings is 1. The van der Waals surface area contributed by atoms with Crippen molar-refractivity contribution in [1.82, 2.24) is 19.4 Å². The van der Waals surface area contributed by atoms with Crippen molar-refractivity contribution in [2.75, 3.05) is 30.5 Å². The third-order valence-electron chi connectivity index (χ3n) is 5.26. The predicted octanol–water partition coefficient (Wildman–Crippen LogP) is 4.42. The molecule has 1 aromatic carbocycles. The van der Waals surface area contributed by atoms with Gasteiger partial charge in [0.25, 0.3) is 0 Å². The molecule has 3 heterocycles. The van der Waals surface area contributed by atoms with Crippen LogP contribution < -0.4 is 9.04 Å². The van der Waals surface area contributed by atoms with E-state index in [0.29, 0.717) is 56.1 Å². The highest BCUT2D eigenvalue weighted by Gasteiger charge is 2.38. The van der Waals surface area contributed by atoms with Crippen LogP contribution in [-0.2, 0) is 16.4 Å². The van der Waals surface area contributed by atoms with Crippen LogP contribution in [0.5, 0.6) is 5.75 Å². The van der Waals surface area contributed by atoms with Gasteiger partial charge in [-0.25, -0.2) is 4.98 Å². The van der Waals surface area contributed by atoms with E-state index in [1.54, 1.807) is 30.3 Å². The van der Waals surface area contributed by atoms with Crippen molar-refractivity contribution >= 4 is 27.5 Å². The molecule has 4 rings (SSSR count). The second kappa shape index (κ2) is 10.4. The van der Waals surface area contributed by atoms with Gasteiger partial charge in [0.1, 0.15) is 10.9 Å². The van der Waals surface area contributed by atoms with Crippen LogP contribution >= 0.6 is 11.6 Å². The van der Waals surface area contributed by atoms with E-state index in [9.17, 15) is 21.6 Å². The Hall–Kier alpha value is -2.90. The fourth-order valence-corrected chi connectivity index (χ4v) is 5.33. The molecule has 0 spiro atoms. The summed E-state index contributed by atoms with van der Waals surface area (Å²) in [7, 11) is -3.60. The molecule has 9 nitrogen and oxygen atoms in total. The summed E-state index contributed by atoms with van der Waals surface area (Å²) >= 11 is 5.88. The van der Waals surface area contributed by atoms with E-state index < -0.39 is 22.3 Å². The summed E-state index contributed by atoms with van der Waals surface area (Å²) in [6, 6.07) is 9.43. The zero-order valence-corrected chi connectivity index (χ0v) is 19.9. The molecule has 0 unspecified atom stereocenters. The number of aromatic nitrogens is 3. The summed E-state index contributed by atoms with van der Waals surface area (Å²) in [6.07, 6.45) is -1.09. The molecular weight excluding hydrogens is 511 g/mol. The molecule has 1 saturated heterocycles. The average Bonchev–Trinajstić information content (AvgIpc) is 3.41. The van der Waals surface area contributed by atoms with Gasteiger partial charge in [-0.05, 0) is 55.7 Å². The first kappa shape index (κ1) is 25.2. The van der Waals surface area contributed by atoms with Crippen molar-refractivity contribution in [3.63, 3.8) is 0 Å². The van der Waals surface area contributed by atoms with Crippen molar-refractivity contribution in [2.24, 2.45) is 0 Å². The molecular formula is C21H21ClF3N5O4S. The summed E-state index contributed by atoms with van der Waals surface area (Å²) in [5.41, 5.74) is 0.860. The van der Waals surface area contributed by atoms with Crippen LogP contribution in [0.25, 0.3) is 11.4 Å². The Morgan fingerprint density at radius 2 is 1.86 bits per heavy atom. The monoisotopic (exact) mass is 531 g/mol. The number of ether oxygens (including phenoxy) is 1. The van der Waals surface area contributed by atoms with Gasteiger partial charge in [-0.1, -0.05) is 16.8 Å². The fraction of sp³-hybridized carbons (Fsp3) is 0.381. The van der Waals surface area contributed by atoms with Gasteiger partial charge < -0.3 is 9.26 Å². The number of pyridine rings is 1. The lowest BCUT2D eigenvalue weighted by atomic mass is 10.2. The number of unbranched alkanes of at least 4 members (excludes halogenated alkanes) is 2. The number of rotatable bonds is 9. The Kier molecular flexibility index (Phi) is 7.47. The van der Waals surface area contributed by atoms with Gasteiger partial charge in [0, 0.05) is 31.4 Å². The number of alkyl halides is 3. The van der Waals surface area contributed by atoms with Gasteiger partial charge >= 0.3 is 22.3 Å². The van der Waals surface area contributed by atoms with Gasteiger partial charge in [0.05, 0.1) is 12.3 Å². The molecule has 0 N–H and O–H groups in total. The normalized spacial score (nSPS) is 16.1. The number of hydrogen-bond donors (Lipinski definition) is 0. The van der Waals surface area contributed by atoms with Gasteiger partial charge in [-0.15, -0.1) is 0 Å². The highest BCUT2D eigenvalue weighted by molar-refractivity contribution is 7.90. The van der Waals surface area contributed by atoms with E-state index in [1.165, 1.54) is 20.9 Å². The molecule has 0 amide bonds. The standard InChI is InChI=1S/C21H21ClF3N5O4S/c22-18-14-16(8-9-26-18)30-12-11-29(35(30,31)32)10-2-1-3-13-33-17-6-4-15(5-7-17)19-27-20(34-28-19)21(23,24)25/h4-9,14H,1-3,10-13H2. The third-order valence-corrected chi connectivity index (χ3v) is 7.43. The zero-order valence-electron chi connectivity index (χ0n) is 18.3. The molecule has 188 valence electrons. The van der Waals surface area contributed by atoms with Gasteiger partial charge in [-0.2, -0.15) is 30.9 Å². The molecule has 35 heavy (non-hydrogen) atoms. The number of hydrogen-bond acceptors (Lipinski definition) is 7. The van der Waals surface area contributed by atoms with Crippen molar-refractivity contribution in [1.29, 1.82) is 0 Å². The predicted molar refractivity (Wildman–Crippen MR) is 121 cm³/mol. The smallest absolute Gasteiger partial charge is 0.471 e. The van der Waals surface area contributed by atoms with Crippen LogP contribution in [0.2, 0.25) is 5.15 Å². The molecule has 14 heteroatoms. The maximum absolute atomic E-state index is 12.8. The molecule has 2 aromatic heterocycles. The lowest BCUT2D eigenvalue weighted by molar-refractivity contribution is -0.159. The average molecular weight is 532 g/mol. The van der Waals surface area contributed by atoms with Crippen molar-refractivity contribution in [3.8, 4) is 17.1 Å². The van der Waals surface area contributed by atoms with E-state index in [2.05, 4.69) is 19.6 Å². The SMILES string of the molecule is O=S1(=O)N(CCCCCOc2ccc(-c3noc(C(F)(F)F)n3)cc2)CCN1c1ccnc(Cl)c1. The second-order valence-electron chi connectivity index (χ2n) is 7.67. The Balaban J connectivity index is 1.19. The molecule has 0 bridgehead atoms. The van der Waals surface area contributed by atoms with E-state index in [-0.39, 0.29) is 11.0 Å². The van der Waals surface area contributed by atoms with Crippen LogP contribution in [0.3, 0.4) is 0 Å². The van der Waals surface area contributed by atoms with E-state index >= 15 is 0 Å². The highest BCUT2D eigenvalue weighted by atomic mass is 35.5. The summed E-state index contributed by atoms with van der Waals surface area (Å²) in [4.78, 5) is 7.22. The topological polar surface area (TPSA) is 102 Å². The molecule has 3 aromatic rings. The van der Waals surface area contributed by atoms with Crippen LogP contribution in [0.4, 0.5) is 18.9 Å². The minimum Gasteiger partial charge on any atom is -0.494 e. The summed E-state index contributed by atoms with van der Waals surface area (Å²) in [6.45, 7) is 1.56. The van der Waals surface area contributed by atoms with Gasteiger partial charge in [-0.3, -0.25) is 4.31 Å².